The van der Waals surface area contributed by atoms with Crippen LogP contribution in [-0.2, 0) is 11.3 Å². The Morgan fingerprint density at radius 3 is 3.21 bits per heavy atom. The lowest BCUT2D eigenvalue weighted by Gasteiger charge is -2.18. The number of hydrogen-bond acceptors (Lipinski definition) is 4. The number of amides is 1. The highest BCUT2D eigenvalue weighted by Gasteiger charge is 2.17. The third-order valence-electron chi connectivity index (χ3n) is 3.43. The average Bonchev–Trinajstić information content (AvgIpc) is 3.01. The number of aromatic nitrogens is 2. The van der Waals surface area contributed by atoms with E-state index in [2.05, 4.69) is 28.0 Å². The highest BCUT2D eigenvalue weighted by Crippen LogP contribution is 2.14. The van der Waals surface area contributed by atoms with E-state index in [0.29, 0.717) is 12.1 Å². The summed E-state index contributed by atoms with van der Waals surface area (Å²) in [5.41, 5.74) is 0.967. The van der Waals surface area contributed by atoms with Crippen molar-refractivity contribution in [1.82, 2.24) is 20.4 Å². The van der Waals surface area contributed by atoms with Gasteiger partial charge in [0.15, 0.2) is 0 Å². The molecule has 19 heavy (non-hydrogen) atoms. The van der Waals surface area contributed by atoms with Crippen LogP contribution in [0.4, 0.5) is 5.69 Å². The van der Waals surface area contributed by atoms with E-state index in [1.54, 1.807) is 17.9 Å². The quantitative estimate of drug-likeness (QED) is 0.703. The predicted octanol–water partition coefficient (Wildman–Crippen LogP) is 0.572. The predicted molar refractivity (Wildman–Crippen MR) is 75.0 cm³/mol. The number of carbonyl (C=O) groups is 1. The lowest BCUT2D eigenvalue weighted by atomic mass is 10.1. The molecule has 2 unspecified atom stereocenters. The molecular formula is C13H23N5O. The highest BCUT2D eigenvalue weighted by molar-refractivity contribution is 5.75. The van der Waals surface area contributed by atoms with Gasteiger partial charge in [-0.05, 0) is 32.7 Å². The number of likely N-dealkylation sites (N-methyl/N-ethyl adjacent to an activating group) is 1. The Morgan fingerprint density at radius 2 is 2.53 bits per heavy atom. The fraction of sp³-hybridized carbons (Fsp3) is 0.692. The minimum absolute atomic E-state index is 0.0437. The first-order valence-electron chi connectivity index (χ1n) is 6.90. The molecule has 1 amide bonds. The maximum Gasteiger partial charge on any atom is 0.241 e. The summed E-state index contributed by atoms with van der Waals surface area (Å²) in [7, 11) is 1.63. The maximum absolute atomic E-state index is 11.2. The topological polar surface area (TPSA) is 71.0 Å². The van der Waals surface area contributed by atoms with Crippen LogP contribution in [0.15, 0.2) is 12.4 Å². The van der Waals surface area contributed by atoms with Crippen LogP contribution in [0.5, 0.6) is 0 Å². The molecule has 1 saturated heterocycles. The van der Waals surface area contributed by atoms with Crippen LogP contribution in [0.25, 0.3) is 0 Å². The molecule has 2 atom stereocenters. The standard InChI is InChI=1S/C13H23N5O/c1-10(6-11-4-3-5-15-11)17-12-7-16-18(8-12)9-13(19)14-2/h7-8,10-11,15,17H,3-6,9H2,1-2H3,(H,14,19). The molecule has 2 rings (SSSR count). The Morgan fingerprint density at radius 1 is 1.68 bits per heavy atom. The van der Waals surface area contributed by atoms with Crippen molar-refractivity contribution in [2.45, 2.75) is 44.8 Å². The molecule has 1 aromatic heterocycles. The monoisotopic (exact) mass is 265 g/mol. The van der Waals surface area contributed by atoms with Crippen molar-refractivity contribution < 1.29 is 4.79 Å². The van der Waals surface area contributed by atoms with Gasteiger partial charge in [0, 0.05) is 25.3 Å². The first-order chi connectivity index (χ1) is 9.17. The number of rotatable bonds is 6. The van der Waals surface area contributed by atoms with E-state index in [4.69, 9.17) is 0 Å². The van der Waals surface area contributed by atoms with Crippen LogP contribution < -0.4 is 16.0 Å². The first-order valence-corrected chi connectivity index (χ1v) is 6.90. The van der Waals surface area contributed by atoms with Crippen LogP contribution in [0.1, 0.15) is 26.2 Å². The SMILES string of the molecule is CNC(=O)Cn1cc(NC(C)CC2CCCN2)cn1. The van der Waals surface area contributed by atoms with E-state index in [1.807, 2.05) is 6.20 Å². The minimum Gasteiger partial charge on any atom is -0.380 e. The van der Waals surface area contributed by atoms with Crippen LogP contribution in [0.2, 0.25) is 0 Å². The first kappa shape index (κ1) is 13.9. The Balaban J connectivity index is 1.79. The maximum atomic E-state index is 11.2. The van der Waals surface area contributed by atoms with Crippen LogP contribution in [0, 0.1) is 0 Å². The van der Waals surface area contributed by atoms with Gasteiger partial charge in [0.05, 0.1) is 11.9 Å². The fourth-order valence-corrected chi connectivity index (χ4v) is 2.48. The largest absolute Gasteiger partial charge is 0.380 e. The van der Waals surface area contributed by atoms with Crippen molar-refractivity contribution >= 4 is 11.6 Å². The smallest absolute Gasteiger partial charge is 0.241 e. The number of carbonyl (C=O) groups excluding carboxylic acids is 1. The summed E-state index contributed by atoms with van der Waals surface area (Å²) in [6.07, 6.45) is 7.29. The molecule has 6 heteroatoms. The van der Waals surface area contributed by atoms with Gasteiger partial charge in [-0.15, -0.1) is 0 Å². The average molecular weight is 265 g/mol. The molecule has 1 aromatic rings. The number of hydrogen-bond donors (Lipinski definition) is 3. The third-order valence-corrected chi connectivity index (χ3v) is 3.43. The van der Waals surface area contributed by atoms with Crippen LogP contribution >= 0.6 is 0 Å². The van der Waals surface area contributed by atoms with Crippen molar-refractivity contribution in [2.75, 3.05) is 18.9 Å². The molecule has 1 fully saturated rings. The third kappa shape index (κ3) is 4.24. The van der Waals surface area contributed by atoms with Crippen molar-refractivity contribution in [3.63, 3.8) is 0 Å². The second-order valence-electron chi connectivity index (χ2n) is 5.17. The van der Waals surface area contributed by atoms with E-state index in [9.17, 15) is 4.79 Å². The molecule has 2 heterocycles. The van der Waals surface area contributed by atoms with Crippen molar-refractivity contribution in [3.05, 3.63) is 12.4 Å². The van der Waals surface area contributed by atoms with Crippen molar-refractivity contribution in [3.8, 4) is 0 Å². The Labute approximate surface area is 113 Å². The van der Waals surface area contributed by atoms with E-state index >= 15 is 0 Å². The molecule has 0 radical (unpaired) electrons. The second-order valence-corrected chi connectivity index (χ2v) is 5.17. The fourth-order valence-electron chi connectivity index (χ4n) is 2.48. The summed E-state index contributed by atoms with van der Waals surface area (Å²) >= 11 is 0. The summed E-state index contributed by atoms with van der Waals surface area (Å²) in [6.45, 7) is 3.58. The zero-order chi connectivity index (χ0) is 13.7. The van der Waals surface area contributed by atoms with Crippen LogP contribution in [0.3, 0.4) is 0 Å². The number of nitrogens with one attached hydrogen (secondary N) is 3. The number of nitrogens with zero attached hydrogens (tertiary/aromatic N) is 2. The summed E-state index contributed by atoms with van der Waals surface area (Å²) in [5.74, 6) is -0.0437. The molecule has 0 saturated carbocycles. The zero-order valence-electron chi connectivity index (χ0n) is 11.6. The van der Waals surface area contributed by atoms with Gasteiger partial charge in [0.25, 0.3) is 0 Å². The van der Waals surface area contributed by atoms with Gasteiger partial charge < -0.3 is 16.0 Å². The molecule has 0 aliphatic carbocycles. The Kier molecular flexibility index (Phi) is 4.79. The molecule has 106 valence electrons. The van der Waals surface area contributed by atoms with E-state index in [0.717, 1.165) is 18.7 Å². The molecule has 0 aromatic carbocycles. The normalized spacial score (nSPS) is 20.2. The van der Waals surface area contributed by atoms with Gasteiger partial charge >= 0.3 is 0 Å². The van der Waals surface area contributed by atoms with Gasteiger partial charge in [-0.25, -0.2) is 0 Å². The highest BCUT2D eigenvalue weighted by atomic mass is 16.1. The molecule has 6 nitrogen and oxygen atoms in total. The number of anilines is 1. The molecule has 0 bridgehead atoms. The molecular weight excluding hydrogens is 242 g/mol. The van der Waals surface area contributed by atoms with Crippen molar-refractivity contribution in [1.29, 1.82) is 0 Å². The van der Waals surface area contributed by atoms with Crippen LogP contribution in [-0.4, -0.2) is 41.4 Å². The van der Waals surface area contributed by atoms with Gasteiger partial charge in [-0.1, -0.05) is 0 Å². The summed E-state index contributed by atoms with van der Waals surface area (Å²) < 4.78 is 1.64. The van der Waals surface area contributed by atoms with Gasteiger partial charge in [-0.2, -0.15) is 5.10 Å². The zero-order valence-corrected chi connectivity index (χ0v) is 11.6. The van der Waals surface area contributed by atoms with Gasteiger partial charge in [-0.3, -0.25) is 9.48 Å². The molecule has 3 N–H and O–H groups in total. The van der Waals surface area contributed by atoms with Gasteiger partial charge in [0.1, 0.15) is 6.54 Å². The Bertz CT molecular complexity index is 411. The molecule has 1 aliphatic rings. The lowest BCUT2D eigenvalue weighted by Crippen LogP contribution is -2.29. The van der Waals surface area contributed by atoms with E-state index in [-0.39, 0.29) is 12.5 Å². The summed E-state index contributed by atoms with van der Waals surface area (Å²) in [4.78, 5) is 11.2. The summed E-state index contributed by atoms with van der Waals surface area (Å²) in [5, 5.41) is 13.7. The molecule has 0 spiro atoms. The second kappa shape index (κ2) is 6.56. The van der Waals surface area contributed by atoms with Gasteiger partial charge in [0.2, 0.25) is 5.91 Å². The Hall–Kier alpha value is -1.56. The molecule has 1 aliphatic heterocycles. The van der Waals surface area contributed by atoms with Crippen molar-refractivity contribution in [2.24, 2.45) is 0 Å². The van der Waals surface area contributed by atoms with E-state index in [1.165, 1.54) is 12.8 Å². The van der Waals surface area contributed by atoms with E-state index < -0.39 is 0 Å². The minimum atomic E-state index is -0.0437. The summed E-state index contributed by atoms with van der Waals surface area (Å²) in [6, 6.07) is 1.02. The lowest BCUT2D eigenvalue weighted by molar-refractivity contribution is -0.121.